The largest absolute Gasteiger partial charge is 0.481 e. The molecule has 0 aromatic rings. The van der Waals surface area contributed by atoms with Crippen LogP contribution in [0.3, 0.4) is 0 Å². The second-order valence-electron chi connectivity index (χ2n) is 4.86. The van der Waals surface area contributed by atoms with Gasteiger partial charge >= 0.3 is 5.97 Å². The fraction of sp³-hybridized carbons (Fsp3) is 0.900. The lowest BCUT2D eigenvalue weighted by atomic mass is 9.55. The van der Waals surface area contributed by atoms with Crippen molar-refractivity contribution in [3.05, 3.63) is 0 Å². The van der Waals surface area contributed by atoms with E-state index in [1.165, 1.54) is 0 Å². The standard InChI is InChI=1S/C10H17NO2.ClH/c1-10(9(12)13)5-6-2-3-7(10)4-8(6)11;/h6-8H,2-5,11H2,1H3,(H,12,13);1H/t6-,7-,8-,10-;/m0./s1. The van der Waals surface area contributed by atoms with Gasteiger partial charge in [-0.2, -0.15) is 0 Å². The Morgan fingerprint density at radius 2 is 2.14 bits per heavy atom. The van der Waals surface area contributed by atoms with Crippen LogP contribution in [0, 0.1) is 17.3 Å². The van der Waals surface area contributed by atoms with Crippen LogP contribution in [0.4, 0.5) is 0 Å². The van der Waals surface area contributed by atoms with E-state index in [9.17, 15) is 4.79 Å². The third kappa shape index (κ3) is 1.52. The average molecular weight is 220 g/mol. The molecule has 3 N–H and O–H groups in total. The van der Waals surface area contributed by atoms with E-state index < -0.39 is 11.4 Å². The molecule has 3 nitrogen and oxygen atoms in total. The van der Waals surface area contributed by atoms with Crippen LogP contribution < -0.4 is 5.73 Å². The van der Waals surface area contributed by atoms with Gasteiger partial charge in [-0.15, -0.1) is 12.4 Å². The fourth-order valence-electron chi connectivity index (χ4n) is 3.07. The second-order valence-corrected chi connectivity index (χ2v) is 4.86. The van der Waals surface area contributed by atoms with E-state index in [1.807, 2.05) is 6.92 Å². The highest BCUT2D eigenvalue weighted by atomic mass is 35.5. The maximum absolute atomic E-state index is 11.1. The number of rotatable bonds is 1. The number of halogens is 1. The molecule has 0 aromatic heterocycles. The van der Waals surface area contributed by atoms with Crippen LogP contribution in [0.2, 0.25) is 0 Å². The van der Waals surface area contributed by atoms with Crippen LogP contribution in [0.15, 0.2) is 0 Å². The topological polar surface area (TPSA) is 63.3 Å². The van der Waals surface area contributed by atoms with Crippen molar-refractivity contribution in [3.8, 4) is 0 Å². The lowest BCUT2D eigenvalue weighted by Crippen LogP contribution is -2.53. The Labute approximate surface area is 90.5 Å². The SMILES string of the molecule is C[C@]1(C(=O)O)C[C@@H]2CC[C@H]1C[C@@H]2N.Cl. The van der Waals surface area contributed by atoms with Gasteiger partial charge in [0.25, 0.3) is 0 Å². The summed E-state index contributed by atoms with van der Waals surface area (Å²) in [5.74, 6) is 0.130. The quantitative estimate of drug-likeness (QED) is 0.705. The summed E-state index contributed by atoms with van der Waals surface area (Å²) in [5, 5.41) is 9.17. The van der Waals surface area contributed by atoms with Gasteiger partial charge < -0.3 is 10.8 Å². The van der Waals surface area contributed by atoms with Crippen molar-refractivity contribution in [1.82, 2.24) is 0 Å². The highest BCUT2D eigenvalue weighted by Crippen LogP contribution is 2.51. The molecule has 3 rings (SSSR count). The molecule has 3 aliphatic carbocycles. The van der Waals surface area contributed by atoms with Gasteiger partial charge in [-0.1, -0.05) is 0 Å². The molecule has 4 heteroatoms. The maximum atomic E-state index is 11.1. The molecule has 0 spiro atoms. The van der Waals surface area contributed by atoms with Crippen LogP contribution in [-0.4, -0.2) is 17.1 Å². The minimum absolute atomic E-state index is 0. The highest BCUT2D eigenvalue weighted by Gasteiger charge is 2.51. The molecule has 0 aromatic carbocycles. The summed E-state index contributed by atoms with van der Waals surface area (Å²) in [7, 11) is 0. The molecular formula is C10H18ClNO2. The van der Waals surface area contributed by atoms with Crippen molar-refractivity contribution in [2.75, 3.05) is 0 Å². The zero-order valence-electron chi connectivity index (χ0n) is 8.40. The van der Waals surface area contributed by atoms with Crippen LogP contribution >= 0.6 is 12.4 Å². The van der Waals surface area contributed by atoms with E-state index in [-0.39, 0.29) is 18.4 Å². The Morgan fingerprint density at radius 3 is 2.50 bits per heavy atom. The molecule has 2 bridgehead atoms. The smallest absolute Gasteiger partial charge is 0.309 e. The van der Waals surface area contributed by atoms with Crippen LogP contribution in [0.25, 0.3) is 0 Å². The number of carbonyl (C=O) groups is 1. The van der Waals surface area contributed by atoms with Gasteiger partial charge in [-0.05, 0) is 44.4 Å². The minimum Gasteiger partial charge on any atom is -0.481 e. The van der Waals surface area contributed by atoms with Crippen LogP contribution in [0.1, 0.15) is 32.6 Å². The molecule has 0 amide bonds. The van der Waals surface area contributed by atoms with Crippen molar-refractivity contribution in [2.24, 2.45) is 23.0 Å². The van der Waals surface area contributed by atoms with Gasteiger partial charge in [0.2, 0.25) is 0 Å². The zero-order chi connectivity index (χ0) is 9.64. The van der Waals surface area contributed by atoms with Gasteiger partial charge in [-0.25, -0.2) is 0 Å². The number of hydrogen-bond donors (Lipinski definition) is 2. The van der Waals surface area contributed by atoms with Crippen molar-refractivity contribution < 1.29 is 9.90 Å². The van der Waals surface area contributed by atoms with Gasteiger partial charge in [-0.3, -0.25) is 4.79 Å². The van der Waals surface area contributed by atoms with Crippen LogP contribution in [0.5, 0.6) is 0 Å². The van der Waals surface area contributed by atoms with Gasteiger partial charge in [0.15, 0.2) is 0 Å². The zero-order valence-corrected chi connectivity index (χ0v) is 9.22. The lowest BCUT2D eigenvalue weighted by molar-refractivity contribution is -0.159. The molecule has 82 valence electrons. The first-order valence-electron chi connectivity index (χ1n) is 5.03. The molecule has 0 aliphatic heterocycles. The summed E-state index contributed by atoms with van der Waals surface area (Å²) < 4.78 is 0. The number of hydrogen-bond acceptors (Lipinski definition) is 2. The van der Waals surface area contributed by atoms with Gasteiger partial charge in [0, 0.05) is 6.04 Å². The Bertz CT molecular complexity index is 246. The summed E-state index contributed by atoms with van der Waals surface area (Å²) in [6.07, 6.45) is 3.89. The van der Waals surface area contributed by atoms with Gasteiger partial charge in [0.05, 0.1) is 5.41 Å². The van der Waals surface area contributed by atoms with Gasteiger partial charge in [0.1, 0.15) is 0 Å². The predicted octanol–water partition coefficient (Wildman–Crippen LogP) is 1.65. The predicted molar refractivity (Wildman–Crippen MR) is 56.4 cm³/mol. The van der Waals surface area contributed by atoms with E-state index in [4.69, 9.17) is 10.8 Å². The molecule has 3 aliphatic rings. The molecule has 0 heterocycles. The summed E-state index contributed by atoms with van der Waals surface area (Å²) in [5.41, 5.74) is 5.46. The van der Waals surface area contributed by atoms with E-state index in [0.717, 1.165) is 25.7 Å². The molecule has 0 saturated heterocycles. The fourth-order valence-corrected chi connectivity index (χ4v) is 3.07. The third-order valence-electron chi connectivity index (χ3n) is 4.12. The Hall–Kier alpha value is -0.280. The molecule has 14 heavy (non-hydrogen) atoms. The number of fused-ring (bicyclic) bond motifs is 3. The lowest BCUT2D eigenvalue weighted by Gasteiger charge is -2.50. The Balaban J connectivity index is 0.000000980. The maximum Gasteiger partial charge on any atom is 0.309 e. The first-order valence-corrected chi connectivity index (χ1v) is 5.03. The highest BCUT2D eigenvalue weighted by molar-refractivity contribution is 5.85. The van der Waals surface area contributed by atoms with E-state index in [2.05, 4.69) is 0 Å². The molecule has 3 saturated carbocycles. The molecule has 3 fully saturated rings. The van der Waals surface area contributed by atoms with Crippen LogP contribution in [-0.2, 0) is 4.79 Å². The van der Waals surface area contributed by atoms with Crippen molar-refractivity contribution >= 4 is 18.4 Å². The molecule has 0 radical (unpaired) electrons. The minimum atomic E-state index is -0.630. The molecule has 0 unspecified atom stereocenters. The summed E-state index contributed by atoms with van der Waals surface area (Å²) in [6.45, 7) is 1.89. The van der Waals surface area contributed by atoms with Crippen molar-refractivity contribution in [2.45, 2.75) is 38.6 Å². The summed E-state index contributed by atoms with van der Waals surface area (Å²) in [6, 6.07) is 0.256. The van der Waals surface area contributed by atoms with E-state index in [1.54, 1.807) is 0 Å². The average Bonchev–Trinajstić information content (AvgIpc) is 2.07. The number of carboxylic acids is 1. The first-order chi connectivity index (χ1) is 6.04. The number of nitrogens with two attached hydrogens (primary N) is 1. The Kier molecular flexibility index (Phi) is 3.12. The Morgan fingerprint density at radius 1 is 1.50 bits per heavy atom. The molecular weight excluding hydrogens is 202 g/mol. The van der Waals surface area contributed by atoms with E-state index in [0.29, 0.717) is 11.8 Å². The van der Waals surface area contributed by atoms with Crippen molar-refractivity contribution in [1.29, 1.82) is 0 Å². The summed E-state index contributed by atoms with van der Waals surface area (Å²) in [4.78, 5) is 11.1. The van der Waals surface area contributed by atoms with E-state index >= 15 is 0 Å². The summed E-state index contributed by atoms with van der Waals surface area (Å²) >= 11 is 0. The third-order valence-corrected chi connectivity index (χ3v) is 4.12. The number of aliphatic carboxylic acids is 1. The monoisotopic (exact) mass is 219 g/mol. The van der Waals surface area contributed by atoms with Crippen molar-refractivity contribution in [3.63, 3.8) is 0 Å². The molecule has 4 atom stereocenters. The first kappa shape index (κ1) is 11.8. The normalized spacial score (nSPS) is 45.7. The second kappa shape index (κ2) is 3.70. The number of carboxylic acid groups (broad SMARTS) is 1.